The Labute approximate surface area is 123 Å². The van der Waals surface area contributed by atoms with Crippen molar-refractivity contribution < 1.29 is 18.7 Å². The summed E-state index contributed by atoms with van der Waals surface area (Å²) in [7, 11) is 0. The van der Waals surface area contributed by atoms with Crippen LogP contribution in [0, 0.1) is 6.92 Å². The molecule has 2 rings (SSSR count). The normalized spacial score (nSPS) is 13.7. The second kappa shape index (κ2) is 6.99. The maximum absolute atomic E-state index is 11.8. The van der Waals surface area contributed by atoms with Crippen LogP contribution in [-0.2, 0) is 6.54 Å². The first-order valence-corrected chi connectivity index (χ1v) is 6.85. The maximum Gasteiger partial charge on any atom is 0.315 e. The smallest absolute Gasteiger partial charge is 0.315 e. The Hall–Kier alpha value is -2.21. The number of hydrogen-bond acceptors (Lipinski definition) is 4. The summed E-state index contributed by atoms with van der Waals surface area (Å²) in [4.78, 5) is 11.8. The molecule has 114 valence electrons. The van der Waals surface area contributed by atoms with E-state index in [2.05, 4.69) is 10.6 Å². The molecular weight excluding hydrogens is 272 g/mol. The SMILES string of the molecule is Cc1occc1CNC(=O)N[C@H](C)C[C@@H](O)c1ccco1. The molecule has 2 aromatic heterocycles. The Balaban J connectivity index is 1.73. The number of aryl methyl sites for hydroxylation is 1. The Bertz CT molecular complexity index is 562. The van der Waals surface area contributed by atoms with Crippen LogP contribution in [0.5, 0.6) is 0 Å². The molecule has 0 bridgehead atoms. The third-order valence-corrected chi connectivity index (χ3v) is 3.23. The van der Waals surface area contributed by atoms with Crippen LogP contribution in [0.1, 0.15) is 36.5 Å². The fourth-order valence-corrected chi connectivity index (χ4v) is 2.04. The van der Waals surface area contributed by atoms with Crippen LogP contribution in [0.4, 0.5) is 4.79 Å². The summed E-state index contributed by atoms with van der Waals surface area (Å²) in [6.45, 7) is 4.08. The van der Waals surface area contributed by atoms with Crippen molar-refractivity contribution in [2.45, 2.75) is 39.0 Å². The third kappa shape index (κ3) is 4.39. The van der Waals surface area contributed by atoms with E-state index in [9.17, 15) is 9.90 Å². The van der Waals surface area contributed by atoms with Crippen LogP contribution < -0.4 is 10.6 Å². The number of nitrogens with one attached hydrogen (secondary N) is 2. The molecule has 0 saturated carbocycles. The fourth-order valence-electron chi connectivity index (χ4n) is 2.04. The van der Waals surface area contributed by atoms with Crippen LogP contribution in [0.3, 0.4) is 0 Å². The fraction of sp³-hybridized carbons (Fsp3) is 0.400. The number of aliphatic hydroxyl groups is 1. The Kier molecular flexibility index (Phi) is 5.05. The van der Waals surface area contributed by atoms with Gasteiger partial charge in [0.2, 0.25) is 0 Å². The molecule has 2 amide bonds. The minimum Gasteiger partial charge on any atom is -0.469 e. The van der Waals surface area contributed by atoms with E-state index in [1.165, 1.54) is 6.26 Å². The van der Waals surface area contributed by atoms with E-state index in [0.717, 1.165) is 11.3 Å². The average Bonchev–Trinajstić information content (AvgIpc) is 3.07. The van der Waals surface area contributed by atoms with Gasteiger partial charge < -0.3 is 24.6 Å². The van der Waals surface area contributed by atoms with Gasteiger partial charge in [-0.3, -0.25) is 0 Å². The van der Waals surface area contributed by atoms with E-state index in [1.807, 2.05) is 19.9 Å². The molecule has 6 nitrogen and oxygen atoms in total. The highest BCUT2D eigenvalue weighted by molar-refractivity contribution is 5.74. The van der Waals surface area contributed by atoms with Crippen molar-refractivity contribution in [2.75, 3.05) is 0 Å². The van der Waals surface area contributed by atoms with Crippen molar-refractivity contribution in [1.29, 1.82) is 0 Å². The molecule has 0 aliphatic carbocycles. The topological polar surface area (TPSA) is 87.6 Å². The average molecular weight is 292 g/mol. The number of hydrogen-bond donors (Lipinski definition) is 3. The largest absolute Gasteiger partial charge is 0.469 e. The van der Waals surface area contributed by atoms with Gasteiger partial charge >= 0.3 is 6.03 Å². The lowest BCUT2D eigenvalue weighted by Gasteiger charge is -2.17. The number of furan rings is 2. The molecular formula is C15H20N2O4. The number of amides is 2. The number of urea groups is 1. The molecule has 21 heavy (non-hydrogen) atoms. The summed E-state index contributed by atoms with van der Waals surface area (Å²) in [6.07, 6.45) is 2.75. The first-order valence-electron chi connectivity index (χ1n) is 6.85. The van der Waals surface area contributed by atoms with E-state index in [1.54, 1.807) is 18.4 Å². The van der Waals surface area contributed by atoms with E-state index in [-0.39, 0.29) is 12.1 Å². The first-order chi connectivity index (χ1) is 10.1. The second-order valence-electron chi connectivity index (χ2n) is 5.00. The quantitative estimate of drug-likeness (QED) is 0.763. The van der Waals surface area contributed by atoms with Crippen LogP contribution >= 0.6 is 0 Å². The van der Waals surface area contributed by atoms with Crippen molar-refractivity contribution in [3.63, 3.8) is 0 Å². The van der Waals surface area contributed by atoms with Gasteiger partial charge in [-0.15, -0.1) is 0 Å². The highest BCUT2D eigenvalue weighted by Gasteiger charge is 2.16. The monoisotopic (exact) mass is 292 g/mol. The lowest BCUT2D eigenvalue weighted by molar-refractivity contribution is 0.129. The van der Waals surface area contributed by atoms with E-state index >= 15 is 0 Å². The van der Waals surface area contributed by atoms with Crippen molar-refractivity contribution in [1.82, 2.24) is 10.6 Å². The number of carbonyl (C=O) groups excluding carboxylic acids is 1. The molecule has 2 heterocycles. The standard InChI is InChI=1S/C15H20N2O4/c1-10(8-13(18)14-4-3-6-21-14)17-15(19)16-9-12-5-7-20-11(12)2/h3-7,10,13,18H,8-9H2,1-2H3,(H2,16,17,19)/t10-,13-/m1/s1. The minimum absolute atomic E-state index is 0.185. The van der Waals surface area contributed by atoms with Crippen LogP contribution in [0.25, 0.3) is 0 Å². The van der Waals surface area contributed by atoms with Gasteiger partial charge in [0.05, 0.1) is 12.5 Å². The molecule has 2 aromatic rings. The summed E-state index contributed by atoms with van der Waals surface area (Å²) < 4.78 is 10.3. The number of aliphatic hydroxyl groups excluding tert-OH is 1. The number of rotatable bonds is 6. The molecule has 0 fully saturated rings. The molecule has 0 unspecified atom stereocenters. The van der Waals surface area contributed by atoms with Crippen molar-refractivity contribution in [3.8, 4) is 0 Å². The molecule has 0 radical (unpaired) electrons. The van der Waals surface area contributed by atoms with Gasteiger partial charge in [-0.25, -0.2) is 4.79 Å². The zero-order valence-electron chi connectivity index (χ0n) is 12.1. The predicted molar refractivity (Wildman–Crippen MR) is 76.6 cm³/mol. The number of carbonyl (C=O) groups is 1. The molecule has 0 spiro atoms. The zero-order chi connectivity index (χ0) is 15.2. The summed E-state index contributed by atoms with van der Waals surface area (Å²) >= 11 is 0. The molecule has 0 aliphatic rings. The van der Waals surface area contributed by atoms with Gasteiger partial charge in [-0.2, -0.15) is 0 Å². The van der Waals surface area contributed by atoms with Gasteiger partial charge in [0.15, 0.2) is 0 Å². The van der Waals surface area contributed by atoms with Gasteiger partial charge in [-0.05, 0) is 32.0 Å². The van der Waals surface area contributed by atoms with Gasteiger partial charge in [0.1, 0.15) is 17.6 Å². The summed E-state index contributed by atoms with van der Waals surface area (Å²) in [5.41, 5.74) is 0.938. The molecule has 0 aromatic carbocycles. The Morgan fingerprint density at radius 1 is 1.33 bits per heavy atom. The van der Waals surface area contributed by atoms with Crippen molar-refractivity contribution in [3.05, 3.63) is 47.8 Å². The lowest BCUT2D eigenvalue weighted by atomic mass is 10.1. The Morgan fingerprint density at radius 3 is 2.76 bits per heavy atom. The van der Waals surface area contributed by atoms with E-state index in [4.69, 9.17) is 8.83 Å². The van der Waals surface area contributed by atoms with Crippen LogP contribution in [-0.4, -0.2) is 17.2 Å². The van der Waals surface area contributed by atoms with Gasteiger partial charge in [0.25, 0.3) is 0 Å². The van der Waals surface area contributed by atoms with Crippen molar-refractivity contribution >= 4 is 6.03 Å². The highest BCUT2D eigenvalue weighted by atomic mass is 16.4. The van der Waals surface area contributed by atoms with Crippen molar-refractivity contribution in [2.24, 2.45) is 0 Å². The first kappa shape index (κ1) is 15.2. The van der Waals surface area contributed by atoms with E-state index in [0.29, 0.717) is 18.7 Å². The van der Waals surface area contributed by atoms with Crippen LogP contribution in [0.2, 0.25) is 0 Å². The van der Waals surface area contributed by atoms with Crippen LogP contribution in [0.15, 0.2) is 39.6 Å². The zero-order valence-corrected chi connectivity index (χ0v) is 12.1. The third-order valence-electron chi connectivity index (χ3n) is 3.23. The summed E-state index contributed by atoms with van der Waals surface area (Å²) in [5, 5.41) is 15.5. The lowest BCUT2D eigenvalue weighted by Crippen LogP contribution is -2.41. The summed E-state index contributed by atoms with van der Waals surface area (Å²) in [6, 6.07) is 4.78. The molecule has 0 aliphatic heterocycles. The molecule has 3 N–H and O–H groups in total. The van der Waals surface area contributed by atoms with E-state index < -0.39 is 6.10 Å². The van der Waals surface area contributed by atoms with Gasteiger partial charge in [0, 0.05) is 24.6 Å². The van der Waals surface area contributed by atoms with Gasteiger partial charge in [-0.1, -0.05) is 0 Å². The highest BCUT2D eigenvalue weighted by Crippen LogP contribution is 2.18. The summed E-state index contributed by atoms with van der Waals surface area (Å²) in [5.74, 6) is 1.29. The minimum atomic E-state index is -0.730. The Morgan fingerprint density at radius 2 is 2.14 bits per heavy atom. The maximum atomic E-state index is 11.8. The predicted octanol–water partition coefficient (Wildman–Crippen LogP) is 2.49. The molecule has 6 heteroatoms. The molecule has 2 atom stereocenters. The second-order valence-corrected chi connectivity index (χ2v) is 5.00. The molecule has 0 saturated heterocycles.